The van der Waals surface area contributed by atoms with Crippen molar-refractivity contribution in [2.45, 2.75) is 19.9 Å². The van der Waals surface area contributed by atoms with E-state index in [4.69, 9.17) is 14.2 Å². The molecule has 3 aromatic rings. The monoisotopic (exact) mass is 409 g/mol. The number of allylic oxidation sites excluding steroid dienone is 1. The summed E-state index contributed by atoms with van der Waals surface area (Å²) in [5.41, 5.74) is 3.43. The highest BCUT2D eigenvalue weighted by Crippen LogP contribution is 2.45. The first-order valence-corrected chi connectivity index (χ1v) is 9.56. The summed E-state index contributed by atoms with van der Waals surface area (Å²) in [6.07, 6.45) is 0. The molecule has 8 heteroatoms. The molecule has 0 amide bonds. The van der Waals surface area contributed by atoms with Gasteiger partial charge in [-0.15, -0.1) is 0 Å². The zero-order chi connectivity index (χ0) is 21.4. The molecule has 0 saturated heterocycles. The summed E-state index contributed by atoms with van der Waals surface area (Å²) >= 11 is 0. The zero-order valence-electron chi connectivity index (χ0n) is 17.2. The zero-order valence-corrected chi connectivity index (χ0v) is 17.2. The van der Waals surface area contributed by atoms with Gasteiger partial charge in [0.2, 0.25) is 11.7 Å². The third kappa shape index (κ3) is 3.01. The molecule has 0 aliphatic carbocycles. The Morgan fingerprint density at radius 1 is 1.20 bits per heavy atom. The SMILES string of the molecule is CCOC(=O)C1=C(C)Nc2nc3ccccc3n2[C@H]1c1cc(OC)c(O)c(OC)c1. The quantitative estimate of drug-likeness (QED) is 0.622. The average molecular weight is 409 g/mol. The molecule has 1 aliphatic heterocycles. The Morgan fingerprint density at radius 3 is 2.50 bits per heavy atom. The first kappa shape index (κ1) is 19.6. The number of imidazole rings is 1. The number of benzene rings is 2. The molecule has 2 heterocycles. The Morgan fingerprint density at radius 2 is 1.87 bits per heavy atom. The Balaban J connectivity index is 2.02. The number of rotatable bonds is 5. The predicted molar refractivity (Wildman–Crippen MR) is 112 cm³/mol. The van der Waals surface area contributed by atoms with Gasteiger partial charge in [0.05, 0.1) is 43.5 Å². The standard InChI is InChI=1S/C22H23N3O5/c1-5-30-21(27)18-12(2)23-22-24-14-8-6-7-9-15(14)25(22)19(18)13-10-16(28-3)20(26)17(11-13)29-4/h6-11,19,26H,5H2,1-4H3,(H,23,24)/t19-/m0/s1. The van der Waals surface area contributed by atoms with Crippen LogP contribution in [0, 0.1) is 0 Å². The first-order valence-electron chi connectivity index (χ1n) is 9.56. The van der Waals surface area contributed by atoms with Gasteiger partial charge in [0.15, 0.2) is 11.5 Å². The number of anilines is 1. The molecule has 2 aromatic carbocycles. The number of fused-ring (bicyclic) bond motifs is 3. The molecule has 0 bridgehead atoms. The summed E-state index contributed by atoms with van der Waals surface area (Å²) in [4.78, 5) is 17.6. The summed E-state index contributed by atoms with van der Waals surface area (Å²) in [7, 11) is 2.93. The van der Waals surface area contributed by atoms with Crippen LogP contribution in [0.1, 0.15) is 25.5 Å². The number of esters is 1. The molecule has 1 aromatic heterocycles. The number of hydrogen-bond donors (Lipinski definition) is 2. The number of carbonyl (C=O) groups excluding carboxylic acids is 1. The highest BCUT2D eigenvalue weighted by atomic mass is 16.5. The van der Waals surface area contributed by atoms with E-state index in [-0.39, 0.29) is 23.9 Å². The fourth-order valence-electron chi connectivity index (χ4n) is 3.82. The molecular formula is C22H23N3O5. The topological polar surface area (TPSA) is 94.8 Å². The number of phenols is 1. The van der Waals surface area contributed by atoms with Crippen LogP contribution in [0.25, 0.3) is 11.0 Å². The maximum Gasteiger partial charge on any atom is 0.338 e. The molecule has 8 nitrogen and oxygen atoms in total. The highest BCUT2D eigenvalue weighted by molar-refractivity contribution is 5.94. The smallest absolute Gasteiger partial charge is 0.338 e. The lowest BCUT2D eigenvalue weighted by Crippen LogP contribution is -2.29. The predicted octanol–water partition coefficient (Wildman–Crippen LogP) is 3.61. The van der Waals surface area contributed by atoms with Crippen molar-refractivity contribution in [1.82, 2.24) is 9.55 Å². The number of para-hydroxylation sites is 2. The number of methoxy groups -OCH3 is 2. The molecule has 30 heavy (non-hydrogen) atoms. The van der Waals surface area contributed by atoms with Gasteiger partial charge in [0.1, 0.15) is 0 Å². The van der Waals surface area contributed by atoms with Crippen LogP contribution in [0.3, 0.4) is 0 Å². The largest absolute Gasteiger partial charge is 0.502 e. The van der Waals surface area contributed by atoms with Crippen molar-refractivity contribution in [3.63, 3.8) is 0 Å². The van der Waals surface area contributed by atoms with Crippen molar-refractivity contribution in [3.8, 4) is 17.2 Å². The normalized spacial score (nSPS) is 15.5. The number of aromatic hydroxyl groups is 1. The second-order valence-electron chi connectivity index (χ2n) is 6.85. The Bertz CT molecular complexity index is 1140. The van der Waals surface area contributed by atoms with E-state index in [9.17, 15) is 9.90 Å². The Hall–Kier alpha value is -3.68. The van der Waals surface area contributed by atoms with Gasteiger partial charge in [-0.05, 0) is 43.7 Å². The van der Waals surface area contributed by atoms with Crippen LogP contribution in [-0.2, 0) is 9.53 Å². The number of phenolic OH excluding ortho intramolecular Hbond substituents is 1. The Kier molecular flexibility index (Phi) is 4.99. The van der Waals surface area contributed by atoms with Gasteiger partial charge in [-0.1, -0.05) is 12.1 Å². The van der Waals surface area contributed by atoms with E-state index in [0.29, 0.717) is 22.8 Å². The van der Waals surface area contributed by atoms with Crippen LogP contribution in [-0.4, -0.2) is 41.5 Å². The lowest BCUT2D eigenvalue weighted by Gasteiger charge is -2.30. The van der Waals surface area contributed by atoms with E-state index in [2.05, 4.69) is 10.3 Å². The van der Waals surface area contributed by atoms with Crippen LogP contribution in [0.15, 0.2) is 47.7 Å². The molecule has 0 fully saturated rings. The van der Waals surface area contributed by atoms with Crippen molar-refractivity contribution in [3.05, 3.63) is 53.2 Å². The molecular weight excluding hydrogens is 386 g/mol. The summed E-state index contributed by atoms with van der Waals surface area (Å²) < 4.78 is 18.0. The molecule has 0 unspecified atom stereocenters. The molecule has 1 atom stereocenters. The van der Waals surface area contributed by atoms with E-state index >= 15 is 0 Å². The van der Waals surface area contributed by atoms with Crippen LogP contribution in [0.4, 0.5) is 5.95 Å². The third-order valence-electron chi connectivity index (χ3n) is 5.14. The summed E-state index contributed by atoms with van der Waals surface area (Å²) in [5, 5.41) is 13.6. The molecule has 4 rings (SSSR count). The van der Waals surface area contributed by atoms with Crippen molar-refractivity contribution >= 4 is 23.0 Å². The molecule has 1 aliphatic rings. The fraction of sp³-hybridized carbons (Fsp3) is 0.273. The van der Waals surface area contributed by atoms with Crippen molar-refractivity contribution in [2.75, 3.05) is 26.1 Å². The molecule has 0 radical (unpaired) electrons. The molecule has 0 spiro atoms. The molecule has 156 valence electrons. The highest BCUT2D eigenvalue weighted by Gasteiger charge is 2.35. The number of carbonyl (C=O) groups is 1. The van der Waals surface area contributed by atoms with Crippen molar-refractivity contribution in [1.29, 1.82) is 0 Å². The number of ether oxygens (including phenoxy) is 3. The number of nitrogens with one attached hydrogen (secondary N) is 1. The fourth-order valence-corrected chi connectivity index (χ4v) is 3.82. The number of aromatic nitrogens is 2. The van der Waals surface area contributed by atoms with Gasteiger partial charge in [-0.3, -0.25) is 4.57 Å². The van der Waals surface area contributed by atoms with Gasteiger partial charge >= 0.3 is 5.97 Å². The summed E-state index contributed by atoms with van der Waals surface area (Å²) in [6.45, 7) is 3.84. The van der Waals surface area contributed by atoms with Gasteiger partial charge in [-0.25, -0.2) is 9.78 Å². The second-order valence-corrected chi connectivity index (χ2v) is 6.85. The van der Waals surface area contributed by atoms with Crippen LogP contribution >= 0.6 is 0 Å². The van der Waals surface area contributed by atoms with E-state index in [1.54, 1.807) is 19.1 Å². The second kappa shape index (κ2) is 7.62. The van der Waals surface area contributed by atoms with Crippen LogP contribution in [0.2, 0.25) is 0 Å². The number of nitrogens with zero attached hydrogens (tertiary/aromatic N) is 2. The number of hydrogen-bond acceptors (Lipinski definition) is 7. The van der Waals surface area contributed by atoms with E-state index in [1.807, 2.05) is 35.8 Å². The summed E-state index contributed by atoms with van der Waals surface area (Å²) in [6, 6.07) is 10.5. The lowest BCUT2D eigenvalue weighted by atomic mass is 9.94. The van der Waals surface area contributed by atoms with Crippen molar-refractivity contribution < 1.29 is 24.1 Å². The maximum absolute atomic E-state index is 13.0. The summed E-state index contributed by atoms with van der Waals surface area (Å²) in [5.74, 6) is 0.566. The average Bonchev–Trinajstić information content (AvgIpc) is 3.10. The lowest BCUT2D eigenvalue weighted by molar-refractivity contribution is -0.139. The van der Waals surface area contributed by atoms with Gasteiger partial charge in [0, 0.05) is 5.70 Å². The minimum absolute atomic E-state index is 0.105. The van der Waals surface area contributed by atoms with Gasteiger partial charge in [0.25, 0.3) is 0 Å². The maximum atomic E-state index is 13.0. The van der Waals surface area contributed by atoms with Gasteiger partial charge in [-0.2, -0.15) is 0 Å². The minimum atomic E-state index is -0.559. The van der Waals surface area contributed by atoms with Crippen LogP contribution < -0.4 is 14.8 Å². The molecule has 0 saturated carbocycles. The third-order valence-corrected chi connectivity index (χ3v) is 5.14. The van der Waals surface area contributed by atoms with Crippen molar-refractivity contribution in [2.24, 2.45) is 0 Å². The minimum Gasteiger partial charge on any atom is -0.502 e. The van der Waals surface area contributed by atoms with Gasteiger partial charge < -0.3 is 24.6 Å². The van der Waals surface area contributed by atoms with Crippen LogP contribution in [0.5, 0.6) is 17.2 Å². The Labute approximate surface area is 173 Å². The molecule has 2 N–H and O–H groups in total. The van der Waals surface area contributed by atoms with E-state index in [0.717, 1.165) is 11.0 Å². The first-order chi connectivity index (χ1) is 14.5. The van der Waals surface area contributed by atoms with E-state index in [1.165, 1.54) is 14.2 Å². The van der Waals surface area contributed by atoms with E-state index < -0.39 is 12.0 Å².